The van der Waals surface area contributed by atoms with Gasteiger partial charge in [-0.1, -0.05) is 35.7 Å². The van der Waals surface area contributed by atoms with Crippen LogP contribution in [-0.2, 0) is 9.53 Å². The van der Waals surface area contributed by atoms with Gasteiger partial charge in [-0.25, -0.2) is 0 Å². The van der Waals surface area contributed by atoms with Crippen LogP contribution in [0.15, 0.2) is 29.3 Å². The molecule has 0 radical (unpaired) electrons. The smallest absolute Gasteiger partial charge is 0.310 e. The Labute approximate surface area is 191 Å². The Morgan fingerprint density at radius 2 is 1.97 bits per heavy atom. The zero-order chi connectivity index (χ0) is 21.8. The third kappa shape index (κ3) is 3.91. The third-order valence-corrected chi connectivity index (χ3v) is 8.75. The molecule has 168 valence electrons. The molecule has 4 unspecified atom stereocenters. The molecule has 4 aliphatic rings. The van der Waals surface area contributed by atoms with Crippen molar-refractivity contribution in [1.82, 2.24) is 4.90 Å². The zero-order valence-corrected chi connectivity index (χ0v) is 19.9. The van der Waals surface area contributed by atoms with Crippen molar-refractivity contribution in [1.29, 1.82) is 0 Å². The van der Waals surface area contributed by atoms with E-state index in [1.54, 1.807) is 11.1 Å². The van der Waals surface area contributed by atoms with Crippen LogP contribution in [0.5, 0.6) is 0 Å². The lowest BCUT2D eigenvalue weighted by Gasteiger charge is -2.46. The van der Waals surface area contributed by atoms with Crippen LogP contribution in [0.25, 0.3) is 0 Å². The summed E-state index contributed by atoms with van der Waals surface area (Å²) < 4.78 is 5.97. The van der Waals surface area contributed by atoms with Gasteiger partial charge < -0.3 is 9.64 Å². The maximum absolute atomic E-state index is 12.9. The molecule has 0 N–H and O–H groups in total. The van der Waals surface area contributed by atoms with E-state index < -0.39 is 0 Å². The summed E-state index contributed by atoms with van der Waals surface area (Å²) in [5.74, 6) is 0.427. The Morgan fingerprint density at radius 1 is 1.19 bits per heavy atom. The molecule has 2 aliphatic carbocycles. The zero-order valence-electron chi connectivity index (χ0n) is 19.1. The van der Waals surface area contributed by atoms with Crippen molar-refractivity contribution in [3.05, 3.63) is 39.9 Å². The van der Waals surface area contributed by atoms with Gasteiger partial charge in [0, 0.05) is 49.4 Å². The van der Waals surface area contributed by atoms with Gasteiger partial charge in [0.2, 0.25) is 0 Å². The van der Waals surface area contributed by atoms with Crippen LogP contribution in [0.4, 0.5) is 5.69 Å². The van der Waals surface area contributed by atoms with E-state index in [0.717, 1.165) is 50.6 Å². The molecule has 0 amide bonds. The van der Waals surface area contributed by atoms with Crippen LogP contribution in [-0.4, -0.2) is 49.7 Å². The summed E-state index contributed by atoms with van der Waals surface area (Å²) in [6.07, 6.45) is 5.95. The van der Waals surface area contributed by atoms with E-state index in [9.17, 15) is 4.79 Å². The molecule has 0 aromatic heterocycles. The Bertz CT molecular complexity index is 905. The average molecular weight is 443 g/mol. The molecule has 2 saturated heterocycles. The molecule has 2 aliphatic heterocycles. The summed E-state index contributed by atoms with van der Waals surface area (Å²) in [4.78, 5) is 17.8. The van der Waals surface area contributed by atoms with Gasteiger partial charge in [0.1, 0.15) is 6.10 Å². The highest BCUT2D eigenvalue weighted by molar-refractivity contribution is 6.30. The van der Waals surface area contributed by atoms with Crippen molar-refractivity contribution in [3.63, 3.8) is 0 Å². The van der Waals surface area contributed by atoms with Crippen molar-refractivity contribution in [2.75, 3.05) is 37.6 Å². The second kappa shape index (κ2) is 8.12. The van der Waals surface area contributed by atoms with Gasteiger partial charge in [-0.2, -0.15) is 0 Å². The molecule has 1 saturated carbocycles. The molecule has 4 nitrogen and oxygen atoms in total. The molecule has 2 heterocycles. The topological polar surface area (TPSA) is 32.8 Å². The van der Waals surface area contributed by atoms with Gasteiger partial charge in [0.15, 0.2) is 0 Å². The summed E-state index contributed by atoms with van der Waals surface area (Å²) in [5.41, 5.74) is 5.97. The second-order valence-electron chi connectivity index (χ2n) is 10.5. The standard InChI is InChI=1S/C26H35ClN2O2/c1-17-5-4-8-26(3)15-24-20(14-22(17)26)21(25(30)31-24)16-28-9-11-29(12-10-28)23-13-19(27)7-6-18(23)2/h6-7,13,20-21,24H,4-5,8-12,14-16H2,1-3H3. The number of benzene rings is 1. The van der Waals surface area contributed by atoms with Gasteiger partial charge >= 0.3 is 5.97 Å². The molecule has 0 spiro atoms. The number of rotatable bonds is 3. The molecule has 5 rings (SSSR count). The maximum Gasteiger partial charge on any atom is 0.310 e. The lowest BCUT2D eigenvalue weighted by atomic mass is 9.59. The lowest BCUT2D eigenvalue weighted by molar-refractivity contribution is -0.145. The summed E-state index contributed by atoms with van der Waals surface area (Å²) in [6, 6.07) is 6.12. The number of anilines is 1. The minimum Gasteiger partial charge on any atom is -0.462 e. The second-order valence-corrected chi connectivity index (χ2v) is 11.0. The monoisotopic (exact) mass is 442 g/mol. The van der Waals surface area contributed by atoms with E-state index in [4.69, 9.17) is 16.3 Å². The molecular weight excluding hydrogens is 408 g/mol. The van der Waals surface area contributed by atoms with Crippen LogP contribution in [0.3, 0.4) is 0 Å². The fourth-order valence-electron chi connectivity index (χ4n) is 6.69. The molecule has 31 heavy (non-hydrogen) atoms. The number of hydrogen-bond acceptors (Lipinski definition) is 4. The number of hydrogen-bond donors (Lipinski definition) is 0. The first kappa shape index (κ1) is 21.3. The molecule has 3 fully saturated rings. The molecule has 5 heteroatoms. The van der Waals surface area contributed by atoms with Crippen LogP contribution in [0.2, 0.25) is 5.02 Å². The SMILES string of the molecule is CC1=C2CC3C(CC2(C)CCC1)OC(=O)C3CN1CCN(c2cc(Cl)ccc2C)CC1. The highest BCUT2D eigenvalue weighted by atomic mass is 35.5. The highest BCUT2D eigenvalue weighted by Gasteiger charge is 2.53. The summed E-state index contributed by atoms with van der Waals surface area (Å²) in [5, 5.41) is 0.791. The predicted molar refractivity (Wildman–Crippen MR) is 126 cm³/mol. The Kier molecular flexibility index (Phi) is 5.58. The predicted octanol–water partition coefficient (Wildman–Crippen LogP) is 5.23. The summed E-state index contributed by atoms with van der Waals surface area (Å²) in [6.45, 7) is 11.6. The van der Waals surface area contributed by atoms with Crippen LogP contribution in [0, 0.1) is 24.2 Å². The Hall–Kier alpha value is -1.52. The first-order chi connectivity index (χ1) is 14.8. The van der Waals surface area contributed by atoms with E-state index in [1.807, 2.05) is 6.07 Å². The number of ether oxygens (including phenoxy) is 1. The van der Waals surface area contributed by atoms with E-state index >= 15 is 0 Å². The van der Waals surface area contributed by atoms with Gasteiger partial charge in [0.05, 0.1) is 5.92 Å². The Morgan fingerprint density at radius 3 is 2.74 bits per heavy atom. The number of aryl methyl sites for hydroxylation is 1. The number of nitrogens with zero attached hydrogens (tertiary/aromatic N) is 2. The highest BCUT2D eigenvalue weighted by Crippen LogP contribution is 2.55. The number of carbonyl (C=O) groups is 1. The van der Waals surface area contributed by atoms with E-state index in [-0.39, 0.29) is 23.4 Å². The van der Waals surface area contributed by atoms with Crippen LogP contribution < -0.4 is 4.90 Å². The van der Waals surface area contributed by atoms with Crippen molar-refractivity contribution in [2.45, 2.75) is 59.0 Å². The minimum absolute atomic E-state index is 0.0243. The van der Waals surface area contributed by atoms with Crippen molar-refractivity contribution in [3.8, 4) is 0 Å². The van der Waals surface area contributed by atoms with Gasteiger partial charge in [-0.15, -0.1) is 0 Å². The molecule has 1 aromatic carbocycles. The lowest BCUT2D eigenvalue weighted by Crippen LogP contribution is -2.49. The molecular formula is C26H35ClN2O2. The molecule has 0 bridgehead atoms. The van der Waals surface area contributed by atoms with Gasteiger partial charge in [-0.3, -0.25) is 9.69 Å². The number of allylic oxidation sites excluding steroid dienone is 2. The number of carbonyl (C=O) groups excluding carboxylic acids is 1. The summed E-state index contributed by atoms with van der Waals surface area (Å²) >= 11 is 6.24. The number of esters is 1. The summed E-state index contributed by atoms with van der Waals surface area (Å²) in [7, 11) is 0. The molecule has 1 aromatic rings. The normalized spacial score (nSPS) is 33.9. The number of piperazine rings is 1. The third-order valence-electron chi connectivity index (χ3n) is 8.52. The van der Waals surface area contributed by atoms with Crippen molar-refractivity contribution in [2.24, 2.45) is 17.3 Å². The van der Waals surface area contributed by atoms with E-state index in [1.165, 1.54) is 30.5 Å². The average Bonchev–Trinajstić information content (AvgIpc) is 3.02. The quantitative estimate of drug-likeness (QED) is 0.474. The van der Waals surface area contributed by atoms with Crippen molar-refractivity contribution >= 4 is 23.3 Å². The van der Waals surface area contributed by atoms with Crippen molar-refractivity contribution < 1.29 is 9.53 Å². The fraction of sp³-hybridized carbons (Fsp3) is 0.654. The van der Waals surface area contributed by atoms with E-state index in [0.29, 0.717) is 5.92 Å². The molecule has 4 atom stereocenters. The Balaban J connectivity index is 1.25. The first-order valence-electron chi connectivity index (χ1n) is 12.0. The fourth-order valence-corrected chi connectivity index (χ4v) is 6.86. The largest absolute Gasteiger partial charge is 0.462 e. The maximum atomic E-state index is 12.9. The number of halogens is 1. The number of fused-ring (bicyclic) bond motifs is 2. The first-order valence-corrected chi connectivity index (χ1v) is 12.3. The van der Waals surface area contributed by atoms with Crippen LogP contribution >= 0.6 is 11.6 Å². The van der Waals surface area contributed by atoms with Gasteiger partial charge in [0.25, 0.3) is 0 Å². The van der Waals surface area contributed by atoms with Crippen LogP contribution in [0.1, 0.15) is 51.5 Å². The van der Waals surface area contributed by atoms with Gasteiger partial charge in [-0.05, 0) is 69.1 Å². The van der Waals surface area contributed by atoms with E-state index in [2.05, 4.69) is 42.7 Å². The minimum atomic E-state index is 0.0243.